The highest BCUT2D eigenvalue weighted by molar-refractivity contribution is 5.79. The molecule has 1 saturated heterocycles. The summed E-state index contributed by atoms with van der Waals surface area (Å²) >= 11 is 0. The minimum atomic E-state index is 0.610. The third kappa shape index (κ3) is 5.94. The monoisotopic (exact) mass is 383 g/mol. The Morgan fingerprint density at radius 2 is 1.89 bits per heavy atom. The lowest BCUT2D eigenvalue weighted by atomic mass is 10.1. The molecule has 0 atom stereocenters. The zero-order valence-corrected chi connectivity index (χ0v) is 16.6. The van der Waals surface area contributed by atoms with Gasteiger partial charge in [0.2, 0.25) is 5.88 Å². The molecular weight excluding hydrogens is 354 g/mol. The number of nitrogens with one attached hydrogen (secondary N) is 2. The van der Waals surface area contributed by atoms with Crippen LogP contribution in [0.1, 0.15) is 16.7 Å². The molecular formula is C21H29N5O2. The summed E-state index contributed by atoms with van der Waals surface area (Å²) in [5, 5.41) is 6.75. The zero-order valence-electron chi connectivity index (χ0n) is 16.6. The van der Waals surface area contributed by atoms with E-state index in [1.165, 1.54) is 11.1 Å². The van der Waals surface area contributed by atoms with Crippen molar-refractivity contribution in [3.05, 3.63) is 59.3 Å². The zero-order chi connectivity index (χ0) is 19.6. The second-order valence-corrected chi connectivity index (χ2v) is 6.64. The van der Waals surface area contributed by atoms with E-state index in [-0.39, 0.29) is 0 Å². The van der Waals surface area contributed by atoms with Crippen molar-refractivity contribution in [2.45, 2.75) is 19.6 Å². The van der Waals surface area contributed by atoms with Crippen molar-refractivity contribution in [1.82, 2.24) is 20.5 Å². The molecule has 2 heterocycles. The summed E-state index contributed by atoms with van der Waals surface area (Å²) in [6, 6.07) is 12.4. The van der Waals surface area contributed by atoms with E-state index in [0.29, 0.717) is 12.4 Å². The molecule has 28 heavy (non-hydrogen) atoms. The van der Waals surface area contributed by atoms with Gasteiger partial charge in [-0.3, -0.25) is 9.89 Å². The minimum Gasteiger partial charge on any atom is -0.481 e. The lowest BCUT2D eigenvalue weighted by Crippen LogP contribution is -2.37. The van der Waals surface area contributed by atoms with Crippen LogP contribution in [0.25, 0.3) is 0 Å². The highest BCUT2D eigenvalue weighted by atomic mass is 16.5. The number of aliphatic imine (C=N–C) groups is 1. The van der Waals surface area contributed by atoms with Gasteiger partial charge in [0.25, 0.3) is 0 Å². The molecule has 7 nitrogen and oxygen atoms in total. The fourth-order valence-corrected chi connectivity index (χ4v) is 3.14. The van der Waals surface area contributed by atoms with Gasteiger partial charge >= 0.3 is 0 Å². The second kappa shape index (κ2) is 10.6. The Kier molecular flexibility index (Phi) is 7.63. The van der Waals surface area contributed by atoms with Gasteiger partial charge < -0.3 is 20.1 Å². The van der Waals surface area contributed by atoms with Crippen molar-refractivity contribution < 1.29 is 9.47 Å². The maximum atomic E-state index is 5.45. The average molecular weight is 383 g/mol. The number of guanidine groups is 1. The number of methoxy groups -OCH3 is 1. The van der Waals surface area contributed by atoms with E-state index in [4.69, 9.17) is 9.47 Å². The van der Waals surface area contributed by atoms with E-state index in [2.05, 4.69) is 49.8 Å². The SMILES string of the molecule is CN=C(NCc1ccnc(OC)c1)NCc1ccccc1CN1CCOCC1. The average Bonchev–Trinajstić information content (AvgIpc) is 2.76. The summed E-state index contributed by atoms with van der Waals surface area (Å²) in [5.41, 5.74) is 3.70. The third-order valence-electron chi connectivity index (χ3n) is 4.75. The first kappa shape index (κ1) is 20.1. The molecule has 1 aliphatic rings. The lowest BCUT2D eigenvalue weighted by molar-refractivity contribution is 0.0341. The quantitative estimate of drug-likeness (QED) is 0.561. The lowest BCUT2D eigenvalue weighted by Gasteiger charge is -2.27. The maximum Gasteiger partial charge on any atom is 0.213 e. The molecule has 3 rings (SSSR count). The number of hydrogen-bond acceptors (Lipinski definition) is 5. The van der Waals surface area contributed by atoms with Gasteiger partial charge in [0.1, 0.15) is 0 Å². The number of ether oxygens (including phenoxy) is 2. The van der Waals surface area contributed by atoms with Crippen molar-refractivity contribution in [3.8, 4) is 5.88 Å². The van der Waals surface area contributed by atoms with E-state index in [1.54, 1.807) is 20.4 Å². The second-order valence-electron chi connectivity index (χ2n) is 6.64. The topological polar surface area (TPSA) is 71.0 Å². The number of nitrogens with zero attached hydrogens (tertiary/aromatic N) is 3. The van der Waals surface area contributed by atoms with Gasteiger partial charge in [-0.2, -0.15) is 0 Å². The van der Waals surface area contributed by atoms with Crippen molar-refractivity contribution in [2.75, 3.05) is 40.5 Å². The third-order valence-corrected chi connectivity index (χ3v) is 4.75. The van der Waals surface area contributed by atoms with Crippen LogP contribution in [0.15, 0.2) is 47.6 Å². The standard InChI is InChI=1S/C21H29N5O2/c1-22-21(24-14-17-7-8-23-20(13-17)27-2)25-15-18-5-3-4-6-19(18)16-26-9-11-28-12-10-26/h3-8,13H,9-12,14-16H2,1-2H3,(H2,22,24,25). The molecule has 1 fully saturated rings. The Morgan fingerprint density at radius 3 is 2.64 bits per heavy atom. The van der Waals surface area contributed by atoms with Crippen LogP contribution in [-0.2, 0) is 24.4 Å². The molecule has 2 aromatic rings. The van der Waals surface area contributed by atoms with Crippen molar-refractivity contribution >= 4 is 5.96 Å². The van der Waals surface area contributed by atoms with E-state index < -0.39 is 0 Å². The van der Waals surface area contributed by atoms with E-state index >= 15 is 0 Å². The highest BCUT2D eigenvalue weighted by Gasteiger charge is 2.12. The molecule has 2 N–H and O–H groups in total. The normalized spacial score (nSPS) is 15.3. The smallest absolute Gasteiger partial charge is 0.213 e. The van der Waals surface area contributed by atoms with E-state index in [0.717, 1.165) is 50.9 Å². The summed E-state index contributed by atoms with van der Waals surface area (Å²) in [4.78, 5) is 10.9. The van der Waals surface area contributed by atoms with Gasteiger partial charge in [0.15, 0.2) is 5.96 Å². The van der Waals surface area contributed by atoms with Gasteiger partial charge in [-0.15, -0.1) is 0 Å². The number of hydrogen-bond donors (Lipinski definition) is 2. The van der Waals surface area contributed by atoms with E-state index in [9.17, 15) is 0 Å². The van der Waals surface area contributed by atoms with Crippen molar-refractivity contribution in [2.24, 2.45) is 4.99 Å². The van der Waals surface area contributed by atoms with Crippen LogP contribution in [0, 0.1) is 0 Å². The fraction of sp³-hybridized carbons (Fsp3) is 0.429. The minimum absolute atomic E-state index is 0.610. The van der Waals surface area contributed by atoms with Crippen LogP contribution < -0.4 is 15.4 Å². The first-order valence-electron chi connectivity index (χ1n) is 9.59. The van der Waals surface area contributed by atoms with E-state index in [1.807, 2.05) is 12.1 Å². The predicted molar refractivity (Wildman–Crippen MR) is 110 cm³/mol. The summed E-state index contributed by atoms with van der Waals surface area (Å²) in [6.07, 6.45) is 1.74. The molecule has 0 radical (unpaired) electrons. The molecule has 1 aliphatic heterocycles. The Morgan fingerprint density at radius 1 is 1.14 bits per heavy atom. The van der Waals surface area contributed by atoms with Crippen LogP contribution >= 0.6 is 0 Å². The van der Waals surface area contributed by atoms with Gasteiger partial charge in [0, 0.05) is 52.0 Å². The molecule has 0 spiro atoms. The Bertz CT molecular complexity index is 775. The Labute approximate surface area is 166 Å². The van der Waals surface area contributed by atoms with Crippen LogP contribution in [0.3, 0.4) is 0 Å². The highest BCUT2D eigenvalue weighted by Crippen LogP contribution is 2.13. The number of aromatic nitrogens is 1. The number of pyridine rings is 1. The largest absolute Gasteiger partial charge is 0.481 e. The first-order chi connectivity index (χ1) is 13.8. The van der Waals surface area contributed by atoms with Gasteiger partial charge in [-0.1, -0.05) is 24.3 Å². The van der Waals surface area contributed by atoms with Crippen LogP contribution in [0.5, 0.6) is 5.88 Å². The summed E-state index contributed by atoms with van der Waals surface area (Å²) in [7, 11) is 3.40. The molecule has 0 amide bonds. The Balaban J connectivity index is 1.54. The summed E-state index contributed by atoms with van der Waals surface area (Å²) in [6.45, 7) is 5.92. The Hall–Kier alpha value is -2.64. The molecule has 1 aromatic carbocycles. The molecule has 7 heteroatoms. The van der Waals surface area contributed by atoms with Crippen LogP contribution in [-0.4, -0.2) is 56.3 Å². The molecule has 0 bridgehead atoms. The first-order valence-corrected chi connectivity index (χ1v) is 9.59. The number of rotatable bonds is 7. The molecule has 150 valence electrons. The summed E-state index contributed by atoms with van der Waals surface area (Å²) < 4.78 is 10.6. The maximum absolute atomic E-state index is 5.45. The van der Waals surface area contributed by atoms with Gasteiger partial charge in [-0.05, 0) is 22.8 Å². The molecule has 0 saturated carbocycles. The molecule has 1 aromatic heterocycles. The molecule has 0 aliphatic carbocycles. The molecule has 0 unspecified atom stereocenters. The van der Waals surface area contributed by atoms with Crippen LogP contribution in [0.4, 0.5) is 0 Å². The number of morpholine rings is 1. The number of benzene rings is 1. The van der Waals surface area contributed by atoms with Crippen molar-refractivity contribution in [1.29, 1.82) is 0 Å². The fourth-order valence-electron chi connectivity index (χ4n) is 3.14. The predicted octanol–water partition coefficient (Wildman–Crippen LogP) is 1.79. The van der Waals surface area contributed by atoms with Gasteiger partial charge in [-0.25, -0.2) is 4.98 Å². The van der Waals surface area contributed by atoms with Crippen LogP contribution in [0.2, 0.25) is 0 Å². The van der Waals surface area contributed by atoms with Crippen molar-refractivity contribution in [3.63, 3.8) is 0 Å². The van der Waals surface area contributed by atoms with Gasteiger partial charge in [0.05, 0.1) is 20.3 Å². The summed E-state index contributed by atoms with van der Waals surface area (Å²) in [5.74, 6) is 1.37.